The number of anilines is 1. The molecule has 0 saturated heterocycles. The fraction of sp³-hybridized carbons (Fsp3) is 0.381. The maximum atomic E-state index is 14.3. The van der Waals surface area contributed by atoms with Gasteiger partial charge in [-0.05, 0) is 61.6 Å². The van der Waals surface area contributed by atoms with Gasteiger partial charge < -0.3 is 5.32 Å². The lowest BCUT2D eigenvalue weighted by molar-refractivity contribution is 0.102. The van der Waals surface area contributed by atoms with Crippen LogP contribution >= 0.6 is 11.6 Å². The molecule has 0 bridgehead atoms. The first-order valence-corrected chi connectivity index (χ1v) is 11.4. The maximum Gasteiger partial charge on any atom is 0.258 e. The minimum Gasteiger partial charge on any atom is -0.322 e. The highest BCUT2D eigenvalue weighted by atomic mass is 35.5. The van der Waals surface area contributed by atoms with Gasteiger partial charge in [-0.25, -0.2) is 17.5 Å². The molecule has 0 radical (unpaired) electrons. The number of benzene rings is 2. The van der Waals surface area contributed by atoms with Crippen LogP contribution in [-0.4, -0.2) is 20.4 Å². The maximum absolute atomic E-state index is 14.3. The number of carbonyl (C=O) groups is 1. The normalized spacial score (nSPS) is 19.7. The number of hydrogen-bond acceptors (Lipinski definition) is 3. The second kappa shape index (κ2) is 8.81. The second-order valence-corrected chi connectivity index (χ2v) is 9.67. The molecule has 1 aliphatic rings. The van der Waals surface area contributed by atoms with Gasteiger partial charge in [0.15, 0.2) is 0 Å². The summed E-state index contributed by atoms with van der Waals surface area (Å²) in [5, 5.41) is 3.02. The van der Waals surface area contributed by atoms with E-state index in [1.807, 2.05) is 13.8 Å². The van der Waals surface area contributed by atoms with E-state index in [0.717, 1.165) is 43.4 Å². The summed E-state index contributed by atoms with van der Waals surface area (Å²) in [4.78, 5) is 12.4. The van der Waals surface area contributed by atoms with E-state index < -0.39 is 21.7 Å². The number of amides is 1. The monoisotopic (exact) mass is 438 g/mol. The fourth-order valence-corrected chi connectivity index (χ4v) is 5.06. The van der Waals surface area contributed by atoms with Gasteiger partial charge in [0.2, 0.25) is 10.0 Å². The van der Waals surface area contributed by atoms with Crippen LogP contribution in [0.25, 0.3) is 0 Å². The summed E-state index contributed by atoms with van der Waals surface area (Å²) < 4.78 is 42.6. The molecule has 5 nitrogen and oxygen atoms in total. The number of rotatable bonds is 5. The van der Waals surface area contributed by atoms with Crippen LogP contribution in [0.3, 0.4) is 0 Å². The molecule has 2 aromatic carbocycles. The summed E-state index contributed by atoms with van der Waals surface area (Å²) in [5.74, 6) is -1.32. The lowest BCUT2D eigenvalue weighted by Gasteiger charge is -2.29. The Morgan fingerprint density at radius 2 is 1.86 bits per heavy atom. The molecule has 0 unspecified atom stereocenters. The number of sulfonamides is 1. The molecule has 2 aromatic rings. The summed E-state index contributed by atoms with van der Waals surface area (Å²) in [7, 11) is -3.87. The van der Waals surface area contributed by atoms with Crippen LogP contribution in [0.2, 0.25) is 5.02 Å². The Hall–Kier alpha value is -1.96. The molecule has 0 aliphatic heterocycles. The van der Waals surface area contributed by atoms with Crippen molar-refractivity contribution < 1.29 is 17.6 Å². The Labute approximate surface area is 175 Å². The van der Waals surface area contributed by atoms with Crippen LogP contribution in [-0.2, 0) is 10.0 Å². The Morgan fingerprint density at radius 3 is 2.55 bits per heavy atom. The first kappa shape index (κ1) is 21.7. The summed E-state index contributed by atoms with van der Waals surface area (Å²) >= 11 is 6.05. The van der Waals surface area contributed by atoms with Gasteiger partial charge in [0.1, 0.15) is 5.82 Å². The van der Waals surface area contributed by atoms with Crippen molar-refractivity contribution in [3.05, 3.63) is 58.4 Å². The fourth-order valence-electron chi connectivity index (χ4n) is 3.47. The lowest BCUT2D eigenvalue weighted by Crippen LogP contribution is -2.41. The first-order chi connectivity index (χ1) is 13.7. The Kier molecular flexibility index (Phi) is 6.61. The van der Waals surface area contributed by atoms with Crippen molar-refractivity contribution in [2.75, 3.05) is 5.32 Å². The average molecular weight is 439 g/mol. The van der Waals surface area contributed by atoms with Gasteiger partial charge in [-0.3, -0.25) is 4.79 Å². The van der Waals surface area contributed by atoms with E-state index in [9.17, 15) is 17.6 Å². The van der Waals surface area contributed by atoms with Crippen LogP contribution in [0.4, 0.5) is 10.1 Å². The highest BCUT2D eigenvalue weighted by Crippen LogP contribution is 2.26. The first-order valence-electron chi connectivity index (χ1n) is 9.57. The quantitative estimate of drug-likeness (QED) is 0.697. The molecule has 1 fully saturated rings. The molecule has 8 heteroatoms. The lowest BCUT2D eigenvalue weighted by atomic mass is 9.87. The van der Waals surface area contributed by atoms with E-state index in [1.54, 1.807) is 18.2 Å². The van der Waals surface area contributed by atoms with Crippen LogP contribution < -0.4 is 10.0 Å². The smallest absolute Gasteiger partial charge is 0.258 e. The van der Waals surface area contributed by atoms with Crippen molar-refractivity contribution in [1.29, 1.82) is 0 Å². The van der Waals surface area contributed by atoms with Crippen LogP contribution in [0, 0.1) is 18.7 Å². The van der Waals surface area contributed by atoms with Crippen LogP contribution in [0.15, 0.2) is 41.3 Å². The molecular weight excluding hydrogens is 415 g/mol. The van der Waals surface area contributed by atoms with Crippen LogP contribution in [0.1, 0.15) is 48.5 Å². The van der Waals surface area contributed by atoms with Gasteiger partial charge in [-0.1, -0.05) is 37.4 Å². The molecule has 1 saturated carbocycles. The molecule has 0 spiro atoms. The van der Waals surface area contributed by atoms with Gasteiger partial charge in [0, 0.05) is 16.8 Å². The van der Waals surface area contributed by atoms with E-state index in [1.165, 1.54) is 6.07 Å². The Morgan fingerprint density at radius 1 is 1.14 bits per heavy atom. The topological polar surface area (TPSA) is 75.3 Å². The van der Waals surface area contributed by atoms with Gasteiger partial charge in [0.25, 0.3) is 5.91 Å². The molecule has 3 rings (SSSR count). The van der Waals surface area contributed by atoms with Crippen LogP contribution in [0.5, 0.6) is 0 Å². The SMILES string of the molecule is Cc1ccc(NC(=O)c2cc(S(=O)(=O)N[C@H]3CCCC[C@@H]3C)ccc2F)cc1Cl. The van der Waals surface area contributed by atoms with Gasteiger partial charge in [-0.2, -0.15) is 0 Å². The molecular formula is C21H24ClFN2O3S. The summed E-state index contributed by atoms with van der Waals surface area (Å²) in [6, 6.07) is 8.00. The predicted octanol–water partition coefficient (Wildman–Crippen LogP) is 4.90. The number of hydrogen-bond donors (Lipinski definition) is 2. The minimum atomic E-state index is -3.87. The number of carbonyl (C=O) groups excluding carboxylic acids is 1. The molecule has 2 N–H and O–H groups in total. The predicted molar refractivity (Wildman–Crippen MR) is 112 cm³/mol. The van der Waals surface area contributed by atoms with E-state index in [0.29, 0.717) is 10.7 Å². The Balaban J connectivity index is 1.83. The molecule has 156 valence electrons. The molecule has 2 atom stereocenters. The summed E-state index contributed by atoms with van der Waals surface area (Å²) in [5.41, 5.74) is 0.889. The van der Waals surface area contributed by atoms with Gasteiger partial charge in [-0.15, -0.1) is 0 Å². The zero-order valence-electron chi connectivity index (χ0n) is 16.3. The van der Waals surface area contributed by atoms with Crippen molar-refractivity contribution in [3.8, 4) is 0 Å². The van der Waals surface area contributed by atoms with Crippen molar-refractivity contribution in [2.24, 2.45) is 5.92 Å². The third-order valence-corrected chi connectivity index (χ3v) is 7.24. The minimum absolute atomic E-state index is 0.135. The Bertz CT molecular complexity index is 1030. The van der Waals surface area contributed by atoms with E-state index in [-0.39, 0.29) is 22.4 Å². The molecule has 1 aliphatic carbocycles. The highest BCUT2D eigenvalue weighted by Gasteiger charge is 2.27. The zero-order chi connectivity index (χ0) is 21.2. The van der Waals surface area contributed by atoms with E-state index in [4.69, 9.17) is 11.6 Å². The number of halogens is 2. The summed E-state index contributed by atoms with van der Waals surface area (Å²) in [6.07, 6.45) is 3.78. The largest absolute Gasteiger partial charge is 0.322 e. The standard InChI is InChI=1S/C21H24ClFN2O3S/c1-13-7-8-15(11-18(13)22)24-21(26)17-12-16(9-10-19(17)23)29(27,28)25-20-6-4-3-5-14(20)2/h7-12,14,20,25H,3-6H2,1-2H3,(H,24,26)/t14-,20-/m0/s1. The highest BCUT2D eigenvalue weighted by molar-refractivity contribution is 7.89. The third kappa shape index (κ3) is 5.15. The van der Waals surface area contributed by atoms with Gasteiger partial charge >= 0.3 is 0 Å². The van der Waals surface area contributed by atoms with Crippen molar-refractivity contribution in [2.45, 2.75) is 50.5 Å². The molecule has 0 aromatic heterocycles. The van der Waals surface area contributed by atoms with Crippen molar-refractivity contribution in [3.63, 3.8) is 0 Å². The van der Waals surface area contributed by atoms with Crippen molar-refractivity contribution >= 4 is 33.2 Å². The van der Waals surface area contributed by atoms with Gasteiger partial charge in [0.05, 0.1) is 10.5 Å². The van der Waals surface area contributed by atoms with E-state index >= 15 is 0 Å². The molecule has 1 amide bonds. The third-order valence-electron chi connectivity index (χ3n) is 5.34. The molecule has 0 heterocycles. The number of nitrogens with one attached hydrogen (secondary N) is 2. The zero-order valence-corrected chi connectivity index (χ0v) is 17.9. The van der Waals surface area contributed by atoms with E-state index in [2.05, 4.69) is 10.0 Å². The average Bonchev–Trinajstić information content (AvgIpc) is 2.66. The number of aryl methyl sites for hydroxylation is 1. The molecule has 29 heavy (non-hydrogen) atoms. The second-order valence-electron chi connectivity index (χ2n) is 7.55. The summed E-state index contributed by atoms with van der Waals surface area (Å²) in [6.45, 7) is 3.84. The van der Waals surface area contributed by atoms with Crippen molar-refractivity contribution in [1.82, 2.24) is 4.72 Å².